The van der Waals surface area contributed by atoms with Crippen molar-refractivity contribution < 1.29 is 33.7 Å². The lowest BCUT2D eigenvalue weighted by molar-refractivity contribution is -0.148. The number of rotatable bonds is 18. The monoisotopic (exact) mass is 551 g/mol. The fourth-order valence-electron chi connectivity index (χ4n) is 4.51. The number of esters is 1. The van der Waals surface area contributed by atoms with Crippen LogP contribution in [-0.4, -0.2) is 79.1 Å². The van der Waals surface area contributed by atoms with Gasteiger partial charge in [-0.05, 0) is 43.4 Å². The first kappa shape index (κ1) is 30.0. The number of hydrogen-bond donors (Lipinski definition) is 4. The number of amides is 3. The molecule has 4 N–H and O–H groups in total. The molecule has 10 nitrogen and oxygen atoms in total. The van der Waals surface area contributed by atoms with E-state index < -0.39 is 6.10 Å². The summed E-state index contributed by atoms with van der Waals surface area (Å²) in [7, 11) is 1.61. The number of benzene rings is 1. The van der Waals surface area contributed by atoms with E-state index in [0.717, 1.165) is 49.2 Å². The van der Waals surface area contributed by atoms with Crippen LogP contribution in [0.15, 0.2) is 24.3 Å². The Morgan fingerprint density at radius 3 is 2.66 bits per heavy atom. The summed E-state index contributed by atoms with van der Waals surface area (Å²) in [4.78, 5) is 35.4. The zero-order chi connectivity index (χ0) is 27.2. The highest BCUT2D eigenvalue weighted by molar-refractivity contribution is 8.00. The first-order chi connectivity index (χ1) is 18.4. The van der Waals surface area contributed by atoms with E-state index in [4.69, 9.17) is 14.2 Å². The first-order valence-corrected chi connectivity index (χ1v) is 14.5. The van der Waals surface area contributed by atoms with Crippen LogP contribution in [0.5, 0.6) is 5.75 Å². The second-order valence-electron chi connectivity index (χ2n) is 9.73. The van der Waals surface area contributed by atoms with Crippen LogP contribution in [0.3, 0.4) is 0 Å². The zero-order valence-corrected chi connectivity index (χ0v) is 22.9. The highest BCUT2D eigenvalue weighted by atomic mass is 32.2. The van der Waals surface area contributed by atoms with Crippen molar-refractivity contribution >= 4 is 29.7 Å². The lowest BCUT2D eigenvalue weighted by atomic mass is 10.0. The van der Waals surface area contributed by atoms with Crippen molar-refractivity contribution in [3.8, 4) is 5.75 Å². The molecule has 1 unspecified atom stereocenters. The van der Waals surface area contributed by atoms with Gasteiger partial charge < -0.3 is 35.3 Å². The SMILES string of the molecule is COc1ccc(COCC(O)COC(=O)CCCCCNC(=O)CCCC[C@@H]2SC[C@@H]3NC(=O)N[C@@H]32)cc1. The van der Waals surface area contributed by atoms with Gasteiger partial charge in [-0.25, -0.2) is 4.79 Å². The van der Waals surface area contributed by atoms with E-state index >= 15 is 0 Å². The molecule has 4 atom stereocenters. The lowest BCUT2D eigenvalue weighted by Crippen LogP contribution is -2.36. The quantitative estimate of drug-likeness (QED) is 0.124. The fourth-order valence-corrected chi connectivity index (χ4v) is 6.05. The van der Waals surface area contributed by atoms with E-state index in [0.29, 0.717) is 31.2 Å². The third kappa shape index (κ3) is 10.7. The van der Waals surface area contributed by atoms with Crippen LogP contribution in [0, 0.1) is 0 Å². The first-order valence-electron chi connectivity index (χ1n) is 13.4. The van der Waals surface area contributed by atoms with Crippen molar-refractivity contribution in [3.63, 3.8) is 0 Å². The summed E-state index contributed by atoms with van der Waals surface area (Å²) in [5, 5.41) is 19.3. The molecular formula is C27H41N3O7S. The summed E-state index contributed by atoms with van der Waals surface area (Å²) in [6.07, 6.45) is 5.01. The summed E-state index contributed by atoms with van der Waals surface area (Å²) in [6, 6.07) is 7.85. The number of aliphatic hydroxyl groups is 1. The zero-order valence-electron chi connectivity index (χ0n) is 22.1. The number of ether oxygens (including phenoxy) is 3. The van der Waals surface area contributed by atoms with E-state index in [1.807, 2.05) is 36.0 Å². The summed E-state index contributed by atoms with van der Waals surface area (Å²) >= 11 is 1.89. The van der Waals surface area contributed by atoms with E-state index in [9.17, 15) is 19.5 Å². The Labute approximate surface area is 228 Å². The maximum absolute atomic E-state index is 12.0. The van der Waals surface area contributed by atoms with Crippen LogP contribution >= 0.6 is 11.8 Å². The molecule has 3 rings (SSSR count). The molecule has 0 aliphatic carbocycles. The number of urea groups is 1. The van der Waals surface area contributed by atoms with Crippen molar-refractivity contribution in [2.24, 2.45) is 0 Å². The Morgan fingerprint density at radius 1 is 1.08 bits per heavy atom. The van der Waals surface area contributed by atoms with Gasteiger partial charge in [-0.15, -0.1) is 0 Å². The summed E-state index contributed by atoms with van der Waals surface area (Å²) < 4.78 is 15.7. The normalized spacial score (nSPS) is 20.8. The molecule has 0 bridgehead atoms. The summed E-state index contributed by atoms with van der Waals surface area (Å²) in [5.74, 6) is 1.43. The fraction of sp³-hybridized carbons (Fsp3) is 0.667. The lowest BCUT2D eigenvalue weighted by Gasteiger charge is -2.16. The second kappa shape index (κ2) is 16.5. The Kier molecular flexibility index (Phi) is 13.0. The predicted octanol–water partition coefficient (Wildman–Crippen LogP) is 2.52. The number of carbonyl (C=O) groups is 3. The van der Waals surface area contributed by atoms with Crippen LogP contribution in [-0.2, 0) is 25.7 Å². The predicted molar refractivity (Wildman–Crippen MR) is 145 cm³/mol. The Balaban J connectivity index is 1.10. The summed E-state index contributed by atoms with van der Waals surface area (Å²) in [6.45, 7) is 0.932. The van der Waals surface area contributed by atoms with Gasteiger partial charge in [-0.1, -0.05) is 25.0 Å². The number of hydrogen-bond acceptors (Lipinski definition) is 8. The molecule has 0 aromatic heterocycles. The molecule has 212 valence electrons. The summed E-state index contributed by atoms with van der Waals surface area (Å²) in [5.41, 5.74) is 0.960. The number of thioether (sulfide) groups is 1. The standard InChI is InChI=1S/C27H41N3O7S/c1-35-21-12-10-19(11-13-21)15-36-16-20(31)17-37-25(33)9-3-2-6-14-28-24(32)8-5-4-7-23-26-22(18-38-23)29-27(34)30-26/h10-13,20,22-23,26,31H,2-9,14-18H2,1H3,(H,28,32)(H2,29,30,34)/t20?,22-,23-,26-/m0/s1. The Bertz CT molecular complexity index is 886. The van der Waals surface area contributed by atoms with Gasteiger partial charge in [0.15, 0.2) is 0 Å². The third-order valence-electron chi connectivity index (χ3n) is 6.64. The minimum Gasteiger partial charge on any atom is -0.497 e. The smallest absolute Gasteiger partial charge is 0.315 e. The molecule has 0 saturated carbocycles. The Morgan fingerprint density at radius 2 is 1.87 bits per heavy atom. The average molecular weight is 552 g/mol. The molecule has 2 aliphatic rings. The molecule has 1 aromatic carbocycles. The van der Waals surface area contributed by atoms with Crippen LogP contribution in [0.4, 0.5) is 4.79 Å². The molecule has 1 aromatic rings. The number of fused-ring (bicyclic) bond motifs is 1. The maximum Gasteiger partial charge on any atom is 0.315 e. The van der Waals surface area contributed by atoms with Gasteiger partial charge in [0.1, 0.15) is 18.5 Å². The van der Waals surface area contributed by atoms with Crippen molar-refractivity contribution in [1.82, 2.24) is 16.0 Å². The molecule has 2 saturated heterocycles. The van der Waals surface area contributed by atoms with Gasteiger partial charge in [0.2, 0.25) is 5.91 Å². The average Bonchev–Trinajstić information content (AvgIpc) is 3.47. The number of nitrogens with one attached hydrogen (secondary N) is 3. The van der Waals surface area contributed by atoms with Crippen LogP contribution in [0.2, 0.25) is 0 Å². The number of unbranched alkanes of at least 4 members (excludes halogenated alkanes) is 3. The van der Waals surface area contributed by atoms with Crippen LogP contribution < -0.4 is 20.7 Å². The van der Waals surface area contributed by atoms with Gasteiger partial charge in [0, 0.05) is 30.4 Å². The molecule has 2 aliphatic heterocycles. The van der Waals surface area contributed by atoms with Gasteiger partial charge >= 0.3 is 12.0 Å². The van der Waals surface area contributed by atoms with E-state index in [1.54, 1.807) is 7.11 Å². The minimum atomic E-state index is -0.873. The van der Waals surface area contributed by atoms with Crippen molar-refractivity contribution in [3.05, 3.63) is 29.8 Å². The highest BCUT2D eigenvalue weighted by Crippen LogP contribution is 2.33. The van der Waals surface area contributed by atoms with E-state index in [-0.39, 0.29) is 49.6 Å². The minimum absolute atomic E-state index is 0.0559. The number of carbonyl (C=O) groups excluding carboxylic acids is 3. The van der Waals surface area contributed by atoms with Crippen molar-refractivity contribution in [1.29, 1.82) is 0 Å². The van der Waals surface area contributed by atoms with Gasteiger partial charge in [-0.2, -0.15) is 11.8 Å². The molecule has 0 spiro atoms. The maximum atomic E-state index is 12.0. The van der Waals surface area contributed by atoms with Crippen LogP contribution in [0.1, 0.15) is 56.9 Å². The topological polar surface area (TPSA) is 135 Å². The molecule has 3 amide bonds. The van der Waals surface area contributed by atoms with Crippen molar-refractivity contribution in [2.75, 3.05) is 32.6 Å². The van der Waals surface area contributed by atoms with Gasteiger partial charge in [0.25, 0.3) is 0 Å². The molecular weight excluding hydrogens is 510 g/mol. The molecule has 0 radical (unpaired) electrons. The van der Waals surface area contributed by atoms with Gasteiger partial charge in [0.05, 0.1) is 32.4 Å². The molecule has 2 fully saturated rings. The van der Waals surface area contributed by atoms with E-state index in [1.165, 1.54) is 0 Å². The molecule has 2 heterocycles. The highest BCUT2D eigenvalue weighted by Gasteiger charge is 2.42. The number of methoxy groups -OCH3 is 1. The Hall–Kier alpha value is -2.50. The van der Waals surface area contributed by atoms with Crippen LogP contribution in [0.25, 0.3) is 0 Å². The molecule has 11 heteroatoms. The molecule has 38 heavy (non-hydrogen) atoms. The van der Waals surface area contributed by atoms with Crippen molar-refractivity contribution in [2.45, 2.75) is 81.4 Å². The second-order valence-corrected chi connectivity index (χ2v) is 11.0. The van der Waals surface area contributed by atoms with E-state index in [2.05, 4.69) is 16.0 Å². The van der Waals surface area contributed by atoms with Gasteiger partial charge in [-0.3, -0.25) is 9.59 Å². The largest absolute Gasteiger partial charge is 0.497 e. The number of aliphatic hydroxyl groups excluding tert-OH is 1. The third-order valence-corrected chi connectivity index (χ3v) is 8.14.